The van der Waals surface area contributed by atoms with E-state index < -0.39 is 5.60 Å². The monoisotopic (exact) mass is 374 g/mol. The van der Waals surface area contributed by atoms with Crippen molar-refractivity contribution in [2.45, 2.75) is 70.4 Å². The first-order valence-electron chi connectivity index (χ1n) is 10.6. The lowest BCUT2D eigenvalue weighted by Gasteiger charge is -2.33. The Morgan fingerprint density at radius 1 is 1.19 bits per heavy atom. The highest BCUT2D eigenvalue weighted by molar-refractivity contribution is 5.97. The van der Waals surface area contributed by atoms with Gasteiger partial charge in [-0.1, -0.05) is 6.42 Å². The van der Waals surface area contributed by atoms with Gasteiger partial charge in [-0.25, -0.2) is 0 Å². The highest BCUT2D eigenvalue weighted by Crippen LogP contribution is 2.34. The molecule has 27 heavy (non-hydrogen) atoms. The summed E-state index contributed by atoms with van der Waals surface area (Å²) < 4.78 is 11.7. The number of anilines is 1. The van der Waals surface area contributed by atoms with Gasteiger partial charge in [-0.05, 0) is 83.2 Å². The van der Waals surface area contributed by atoms with Gasteiger partial charge < -0.3 is 14.8 Å². The van der Waals surface area contributed by atoms with Crippen LogP contribution in [0, 0.1) is 0 Å². The molecule has 0 aromatic heterocycles. The van der Waals surface area contributed by atoms with Crippen molar-refractivity contribution < 1.29 is 14.3 Å². The lowest BCUT2D eigenvalue weighted by atomic mass is 10.0. The van der Waals surface area contributed by atoms with Crippen LogP contribution in [0.4, 0.5) is 5.69 Å². The number of hydrogen-bond acceptors (Lipinski definition) is 4. The molecule has 1 aliphatic heterocycles. The van der Waals surface area contributed by atoms with Gasteiger partial charge >= 0.3 is 0 Å². The Bertz CT molecular complexity index is 596. The van der Waals surface area contributed by atoms with Crippen LogP contribution in [-0.4, -0.2) is 48.8 Å². The molecule has 5 heteroatoms. The Labute approximate surface area is 163 Å². The third-order valence-electron chi connectivity index (χ3n) is 5.95. The summed E-state index contributed by atoms with van der Waals surface area (Å²) in [6.07, 6.45) is 7.65. The van der Waals surface area contributed by atoms with Gasteiger partial charge in [-0.15, -0.1) is 0 Å². The standard InChI is InChI=1S/C22H34N2O3/c1-3-27-22(13-5-6-14-22)21(25)23-19-9-11-20(12-10-19)26-17-16-24-15-7-4-8-18(24)2/h9-12,18H,3-8,13-17H2,1-2H3,(H,23,25)/t18-/m1/s1. The fourth-order valence-corrected chi connectivity index (χ4v) is 4.31. The minimum absolute atomic E-state index is 0.0189. The van der Waals surface area contributed by atoms with E-state index in [0.29, 0.717) is 19.3 Å². The summed E-state index contributed by atoms with van der Waals surface area (Å²) in [6, 6.07) is 8.33. The van der Waals surface area contributed by atoms with E-state index in [0.717, 1.165) is 43.7 Å². The van der Waals surface area contributed by atoms with Gasteiger partial charge in [-0.3, -0.25) is 9.69 Å². The van der Waals surface area contributed by atoms with Gasteiger partial charge in [-0.2, -0.15) is 0 Å². The first-order chi connectivity index (χ1) is 13.1. The van der Waals surface area contributed by atoms with E-state index in [2.05, 4.69) is 17.1 Å². The molecular formula is C22H34N2O3. The maximum Gasteiger partial charge on any atom is 0.256 e. The number of carbonyl (C=O) groups excluding carboxylic acids is 1. The van der Waals surface area contributed by atoms with E-state index in [1.165, 1.54) is 25.8 Å². The van der Waals surface area contributed by atoms with E-state index in [4.69, 9.17) is 9.47 Å². The van der Waals surface area contributed by atoms with Crippen LogP contribution in [0.5, 0.6) is 5.75 Å². The Hall–Kier alpha value is -1.59. The number of carbonyl (C=O) groups is 1. The zero-order valence-corrected chi connectivity index (χ0v) is 16.8. The molecule has 0 bridgehead atoms. The fourth-order valence-electron chi connectivity index (χ4n) is 4.31. The number of nitrogens with zero attached hydrogens (tertiary/aromatic N) is 1. The van der Waals surface area contributed by atoms with Gasteiger partial charge in [0.25, 0.3) is 5.91 Å². The minimum atomic E-state index is -0.644. The van der Waals surface area contributed by atoms with Crippen molar-refractivity contribution in [3.8, 4) is 5.75 Å². The number of ether oxygens (including phenoxy) is 2. The Morgan fingerprint density at radius 3 is 2.59 bits per heavy atom. The van der Waals surface area contributed by atoms with Gasteiger partial charge in [0.15, 0.2) is 0 Å². The summed E-state index contributed by atoms with van der Waals surface area (Å²) in [5.41, 5.74) is 0.151. The number of benzene rings is 1. The Balaban J connectivity index is 1.47. The number of nitrogens with one attached hydrogen (secondary N) is 1. The molecule has 1 heterocycles. The molecule has 1 amide bonds. The molecule has 1 aromatic rings. The summed E-state index contributed by atoms with van der Waals surface area (Å²) in [5, 5.41) is 3.02. The molecule has 1 N–H and O–H groups in total. The number of piperidine rings is 1. The summed E-state index contributed by atoms with van der Waals surface area (Å²) >= 11 is 0. The van der Waals surface area contributed by atoms with E-state index in [1.54, 1.807) is 0 Å². The Kier molecular flexibility index (Phi) is 7.13. The van der Waals surface area contributed by atoms with Gasteiger partial charge in [0, 0.05) is 24.9 Å². The highest BCUT2D eigenvalue weighted by atomic mass is 16.5. The predicted molar refractivity (Wildman–Crippen MR) is 108 cm³/mol. The second-order valence-electron chi connectivity index (χ2n) is 7.84. The molecule has 0 radical (unpaired) electrons. The summed E-state index contributed by atoms with van der Waals surface area (Å²) in [6.45, 7) is 7.66. The lowest BCUT2D eigenvalue weighted by molar-refractivity contribution is -0.140. The summed E-state index contributed by atoms with van der Waals surface area (Å²) in [7, 11) is 0. The van der Waals surface area contributed by atoms with E-state index >= 15 is 0 Å². The van der Waals surface area contributed by atoms with Crippen LogP contribution in [0.15, 0.2) is 24.3 Å². The van der Waals surface area contributed by atoms with Gasteiger partial charge in [0.1, 0.15) is 18.0 Å². The highest BCUT2D eigenvalue weighted by Gasteiger charge is 2.41. The molecule has 1 aliphatic carbocycles. The van der Waals surface area contributed by atoms with Gasteiger partial charge in [0.2, 0.25) is 0 Å². The molecule has 0 spiro atoms. The number of likely N-dealkylation sites (tertiary alicyclic amines) is 1. The van der Waals surface area contributed by atoms with Crippen LogP contribution in [0.3, 0.4) is 0 Å². The van der Waals surface area contributed by atoms with Crippen LogP contribution >= 0.6 is 0 Å². The average Bonchev–Trinajstić information content (AvgIpc) is 3.15. The topological polar surface area (TPSA) is 50.8 Å². The van der Waals surface area contributed by atoms with Crippen LogP contribution in [0.1, 0.15) is 58.8 Å². The van der Waals surface area contributed by atoms with E-state index in [1.807, 2.05) is 31.2 Å². The molecule has 1 saturated carbocycles. The average molecular weight is 375 g/mol. The molecule has 2 fully saturated rings. The van der Waals surface area contributed by atoms with Crippen LogP contribution in [0.25, 0.3) is 0 Å². The lowest BCUT2D eigenvalue weighted by Crippen LogP contribution is -2.43. The maximum atomic E-state index is 12.7. The zero-order chi connectivity index (χ0) is 19.1. The predicted octanol–water partition coefficient (Wildman–Crippen LogP) is 4.23. The van der Waals surface area contributed by atoms with Crippen molar-refractivity contribution in [1.82, 2.24) is 4.90 Å². The van der Waals surface area contributed by atoms with Crippen molar-refractivity contribution in [3.05, 3.63) is 24.3 Å². The van der Waals surface area contributed by atoms with Crippen molar-refractivity contribution in [2.24, 2.45) is 0 Å². The number of amides is 1. The molecular weight excluding hydrogens is 340 g/mol. The fraction of sp³-hybridized carbons (Fsp3) is 0.682. The van der Waals surface area contributed by atoms with Crippen LogP contribution < -0.4 is 10.1 Å². The van der Waals surface area contributed by atoms with Crippen molar-refractivity contribution in [1.29, 1.82) is 0 Å². The minimum Gasteiger partial charge on any atom is -0.492 e. The van der Waals surface area contributed by atoms with Crippen molar-refractivity contribution in [3.63, 3.8) is 0 Å². The quantitative estimate of drug-likeness (QED) is 0.740. The number of hydrogen-bond donors (Lipinski definition) is 1. The third kappa shape index (κ3) is 5.23. The second-order valence-corrected chi connectivity index (χ2v) is 7.84. The molecule has 150 valence electrons. The molecule has 2 aliphatic rings. The van der Waals surface area contributed by atoms with Crippen LogP contribution in [0.2, 0.25) is 0 Å². The smallest absolute Gasteiger partial charge is 0.256 e. The molecule has 1 atom stereocenters. The normalized spacial score (nSPS) is 22.5. The SMILES string of the molecule is CCOC1(C(=O)Nc2ccc(OCCN3CCCC[C@H]3C)cc2)CCCC1. The molecule has 1 saturated heterocycles. The summed E-state index contributed by atoms with van der Waals surface area (Å²) in [4.78, 5) is 15.2. The van der Waals surface area contributed by atoms with Crippen molar-refractivity contribution in [2.75, 3.05) is 31.6 Å². The maximum absolute atomic E-state index is 12.7. The first-order valence-corrected chi connectivity index (χ1v) is 10.6. The molecule has 5 nitrogen and oxygen atoms in total. The van der Waals surface area contributed by atoms with Crippen LogP contribution in [-0.2, 0) is 9.53 Å². The van der Waals surface area contributed by atoms with E-state index in [-0.39, 0.29) is 5.91 Å². The Morgan fingerprint density at radius 2 is 1.93 bits per heavy atom. The van der Waals surface area contributed by atoms with Gasteiger partial charge in [0.05, 0.1) is 0 Å². The second kappa shape index (κ2) is 9.56. The molecule has 0 unspecified atom stereocenters. The van der Waals surface area contributed by atoms with Crippen molar-refractivity contribution >= 4 is 11.6 Å². The zero-order valence-electron chi connectivity index (χ0n) is 16.8. The third-order valence-corrected chi connectivity index (χ3v) is 5.95. The van der Waals surface area contributed by atoms with E-state index in [9.17, 15) is 4.79 Å². The number of rotatable bonds is 8. The summed E-state index contributed by atoms with van der Waals surface area (Å²) in [5.74, 6) is 0.827. The first kappa shape index (κ1) is 20.2. The largest absolute Gasteiger partial charge is 0.492 e. The molecule has 3 rings (SSSR count). The molecule has 1 aromatic carbocycles.